The number of aromatic nitrogens is 4. The third-order valence-electron chi connectivity index (χ3n) is 7.59. The Morgan fingerprint density at radius 3 is 2.50 bits per heavy atom. The quantitative estimate of drug-likeness (QED) is 0.518. The van der Waals surface area contributed by atoms with Crippen LogP contribution in [0.3, 0.4) is 0 Å². The van der Waals surface area contributed by atoms with E-state index in [1.54, 1.807) is 19.2 Å². The maximum atomic E-state index is 12.9. The number of hydrogen-bond acceptors (Lipinski definition) is 7. The average Bonchev–Trinajstić information content (AvgIpc) is 3.35. The van der Waals surface area contributed by atoms with E-state index in [0.29, 0.717) is 28.8 Å². The maximum absolute atomic E-state index is 12.9. The van der Waals surface area contributed by atoms with Crippen molar-refractivity contribution in [1.29, 1.82) is 5.26 Å². The second-order valence-corrected chi connectivity index (χ2v) is 9.77. The van der Waals surface area contributed by atoms with E-state index in [1.165, 1.54) is 23.0 Å². The van der Waals surface area contributed by atoms with Crippen molar-refractivity contribution in [2.75, 3.05) is 31.6 Å². The molecule has 4 heterocycles. The molecule has 0 radical (unpaired) electrons. The van der Waals surface area contributed by atoms with Gasteiger partial charge in [-0.15, -0.1) is 0 Å². The second kappa shape index (κ2) is 10.9. The van der Waals surface area contributed by atoms with E-state index in [-0.39, 0.29) is 11.5 Å². The zero-order valence-corrected chi connectivity index (χ0v) is 21.1. The van der Waals surface area contributed by atoms with Crippen LogP contribution in [-0.2, 0) is 10.2 Å². The van der Waals surface area contributed by atoms with Crippen molar-refractivity contribution in [3.8, 4) is 11.9 Å². The van der Waals surface area contributed by atoms with E-state index in [9.17, 15) is 18.8 Å². The molecule has 2 fully saturated rings. The van der Waals surface area contributed by atoms with E-state index < -0.39 is 11.8 Å². The number of nitriles is 1. The van der Waals surface area contributed by atoms with Crippen molar-refractivity contribution < 1.29 is 18.3 Å². The highest BCUT2D eigenvalue weighted by Crippen LogP contribution is 2.40. The van der Waals surface area contributed by atoms with Crippen molar-refractivity contribution in [3.63, 3.8) is 0 Å². The van der Waals surface area contributed by atoms with Crippen LogP contribution in [0.25, 0.3) is 5.82 Å². The van der Waals surface area contributed by atoms with E-state index in [2.05, 4.69) is 31.4 Å². The molecule has 2 aliphatic rings. The number of carbonyl (C=O) groups is 1. The van der Waals surface area contributed by atoms with Crippen LogP contribution in [0, 0.1) is 18.3 Å². The van der Waals surface area contributed by atoms with Gasteiger partial charge in [-0.3, -0.25) is 14.7 Å². The summed E-state index contributed by atoms with van der Waals surface area (Å²) >= 11 is 0. The molecule has 3 aromatic rings. The molecule has 198 valence electrons. The number of hydrogen-bond donors (Lipinski definition) is 1. The molecular formula is C27H29F2N7O2. The number of nitrogens with one attached hydrogen (secondary N) is 1. The molecule has 0 atom stereocenters. The van der Waals surface area contributed by atoms with E-state index in [1.807, 2.05) is 6.07 Å². The Morgan fingerprint density at radius 2 is 1.89 bits per heavy atom. The zero-order chi connectivity index (χ0) is 26.7. The predicted octanol–water partition coefficient (Wildman–Crippen LogP) is 4.20. The van der Waals surface area contributed by atoms with Gasteiger partial charge in [-0.1, -0.05) is 0 Å². The molecule has 9 nitrogen and oxygen atoms in total. The molecule has 1 amide bonds. The lowest BCUT2D eigenvalue weighted by atomic mass is 9.71. The third-order valence-corrected chi connectivity index (χ3v) is 7.59. The van der Waals surface area contributed by atoms with Crippen molar-refractivity contribution in [3.05, 3.63) is 65.4 Å². The zero-order valence-electron chi connectivity index (χ0n) is 21.1. The maximum Gasteiger partial charge on any atom is 0.265 e. The van der Waals surface area contributed by atoms with Gasteiger partial charge in [0.25, 0.3) is 12.3 Å². The Bertz CT molecular complexity index is 1300. The minimum absolute atomic E-state index is 0.184. The molecule has 1 saturated carbocycles. The first-order chi connectivity index (χ1) is 18.4. The van der Waals surface area contributed by atoms with Crippen molar-refractivity contribution in [1.82, 2.24) is 24.6 Å². The summed E-state index contributed by atoms with van der Waals surface area (Å²) < 4.78 is 32.5. The first kappa shape index (κ1) is 25.9. The van der Waals surface area contributed by atoms with Gasteiger partial charge in [0.15, 0.2) is 5.82 Å². The topological polar surface area (TPSA) is 109 Å². The molecule has 0 unspecified atom stereocenters. The lowest BCUT2D eigenvalue weighted by Gasteiger charge is -2.41. The Hall–Kier alpha value is -3.75. The van der Waals surface area contributed by atoms with Crippen LogP contribution in [-0.4, -0.2) is 62.9 Å². The Balaban J connectivity index is 1.24. The third kappa shape index (κ3) is 5.14. The van der Waals surface area contributed by atoms with Crippen molar-refractivity contribution in [2.24, 2.45) is 0 Å². The van der Waals surface area contributed by atoms with Gasteiger partial charge >= 0.3 is 0 Å². The number of nitrogens with zero attached hydrogens (tertiary/aromatic N) is 6. The molecule has 3 aromatic heterocycles. The average molecular weight is 522 g/mol. The van der Waals surface area contributed by atoms with Crippen LogP contribution in [0.4, 0.5) is 14.5 Å². The number of pyridine rings is 2. The Kier molecular flexibility index (Phi) is 7.44. The van der Waals surface area contributed by atoms with Gasteiger partial charge in [0.2, 0.25) is 0 Å². The molecule has 1 aliphatic carbocycles. The number of halogens is 2. The monoisotopic (exact) mass is 521 g/mol. The number of rotatable bonds is 6. The fraction of sp³-hybridized carbons (Fsp3) is 0.444. The first-order valence-electron chi connectivity index (χ1n) is 12.7. The van der Waals surface area contributed by atoms with Gasteiger partial charge in [0.05, 0.1) is 59.7 Å². The van der Waals surface area contributed by atoms with Gasteiger partial charge in [-0.05, 0) is 56.9 Å². The summed E-state index contributed by atoms with van der Waals surface area (Å²) in [6.45, 7) is 5.11. The highest BCUT2D eigenvalue weighted by atomic mass is 19.3. The largest absolute Gasteiger partial charge is 0.379 e. The number of carbonyl (C=O) groups excluding carboxylic acids is 1. The number of ether oxygens (including phenoxy) is 1. The van der Waals surface area contributed by atoms with E-state index in [4.69, 9.17) is 4.74 Å². The van der Waals surface area contributed by atoms with Crippen LogP contribution in [0.1, 0.15) is 59.4 Å². The Morgan fingerprint density at radius 1 is 1.13 bits per heavy atom. The minimum atomic E-state index is -2.61. The molecule has 11 heteroatoms. The SMILES string of the molecule is Cc1c(C(=O)Nc2ccc(C3(C#N)CCC(N4CCOCC4)CC3)nc2)cnn1-c1ccc(C(F)F)cn1. The smallest absolute Gasteiger partial charge is 0.265 e. The number of alkyl halides is 2. The summed E-state index contributed by atoms with van der Waals surface area (Å²) in [5, 5.41) is 17.1. The molecule has 5 rings (SSSR count). The van der Waals surface area contributed by atoms with Crippen molar-refractivity contribution in [2.45, 2.75) is 50.5 Å². The highest BCUT2D eigenvalue weighted by molar-refractivity contribution is 6.04. The normalized spacial score (nSPS) is 22.2. The van der Waals surface area contributed by atoms with Crippen LogP contribution in [0.5, 0.6) is 0 Å². The molecular weight excluding hydrogens is 492 g/mol. The fourth-order valence-electron chi connectivity index (χ4n) is 5.29. The number of morpholine rings is 1. The summed E-state index contributed by atoms with van der Waals surface area (Å²) in [6, 6.07) is 9.30. The molecule has 1 saturated heterocycles. The standard InChI is InChI=1S/C27H29F2N7O2/c1-18-22(16-33-36(18)24-5-2-19(14-32-24)25(28)29)26(37)34-20-3-4-23(31-15-20)27(17-30)8-6-21(7-9-27)35-10-12-38-13-11-35/h2-5,14-16,21,25H,6-13H2,1H3,(H,34,37). The van der Waals surface area contributed by atoms with Crippen molar-refractivity contribution >= 4 is 11.6 Å². The molecule has 0 bridgehead atoms. The summed E-state index contributed by atoms with van der Waals surface area (Å²) in [7, 11) is 0. The molecule has 1 N–H and O–H groups in total. The number of amides is 1. The summed E-state index contributed by atoms with van der Waals surface area (Å²) in [5.41, 5.74) is 1.25. The van der Waals surface area contributed by atoms with Gasteiger partial charge < -0.3 is 10.1 Å². The van der Waals surface area contributed by atoms with Crippen LogP contribution >= 0.6 is 0 Å². The lowest BCUT2D eigenvalue weighted by Crippen LogP contribution is -2.47. The molecule has 0 spiro atoms. The molecule has 0 aromatic carbocycles. The molecule has 1 aliphatic heterocycles. The van der Waals surface area contributed by atoms with Gasteiger partial charge in [-0.2, -0.15) is 10.4 Å². The summed E-state index contributed by atoms with van der Waals surface area (Å²) in [5.74, 6) is -0.0457. The van der Waals surface area contributed by atoms with E-state index >= 15 is 0 Å². The van der Waals surface area contributed by atoms with Crippen LogP contribution in [0.15, 0.2) is 42.9 Å². The van der Waals surface area contributed by atoms with Gasteiger partial charge in [-0.25, -0.2) is 18.4 Å². The second-order valence-electron chi connectivity index (χ2n) is 9.77. The number of anilines is 1. The van der Waals surface area contributed by atoms with Crippen LogP contribution < -0.4 is 5.32 Å². The van der Waals surface area contributed by atoms with Crippen LogP contribution in [0.2, 0.25) is 0 Å². The first-order valence-corrected chi connectivity index (χ1v) is 12.7. The summed E-state index contributed by atoms with van der Waals surface area (Å²) in [4.78, 5) is 24.0. The summed E-state index contributed by atoms with van der Waals surface area (Å²) in [6.07, 6.45) is 4.84. The van der Waals surface area contributed by atoms with Gasteiger partial charge in [0.1, 0.15) is 0 Å². The fourth-order valence-corrected chi connectivity index (χ4v) is 5.29. The Labute approximate surface area is 219 Å². The van der Waals surface area contributed by atoms with E-state index in [0.717, 1.165) is 63.9 Å². The predicted molar refractivity (Wildman–Crippen MR) is 135 cm³/mol. The lowest BCUT2D eigenvalue weighted by molar-refractivity contribution is 0.00493. The minimum Gasteiger partial charge on any atom is -0.379 e. The van der Waals surface area contributed by atoms with Gasteiger partial charge in [0, 0.05) is 30.9 Å². The molecule has 38 heavy (non-hydrogen) atoms. The highest BCUT2D eigenvalue weighted by Gasteiger charge is 2.40.